The molecule has 2 aliphatic carbocycles. The zero-order valence-corrected chi connectivity index (χ0v) is 16.2. The third kappa shape index (κ3) is 2.85. The fourth-order valence-corrected chi connectivity index (χ4v) is 5.67. The molecule has 0 unspecified atom stereocenters. The van der Waals surface area contributed by atoms with Gasteiger partial charge in [0.05, 0.1) is 6.54 Å². The highest BCUT2D eigenvalue weighted by Gasteiger charge is 2.55. The van der Waals surface area contributed by atoms with Gasteiger partial charge in [-0.15, -0.1) is 0 Å². The van der Waals surface area contributed by atoms with Crippen molar-refractivity contribution in [2.45, 2.75) is 58.8 Å². The number of allylic oxidation sites excluding steroid dienone is 3. The fraction of sp³-hybridized carbons (Fsp3) is 0.714. The van der Waals surface area contributed by atoms with Crippen molar-refractivity contribution in [3.63, 3.8) is 0 Å². The van der Waals surface area contributed by atoms with Crippen LogP contribution < -0.4 is 4.90 Å². The molecule has 2 aliphatic heterocycles. The van der Waals surface area contributed by atoms with Gasteiger partial charge in [-0.1, -0.05) is 13.0 Å². The summed E-state index contributed by atoms with van der Waals surface area (Å²) in [6, 6.07) is 0. The molecule has 0 bridgehead atoms. The summed E-state index contributed by atoms with van der Waals surface area (Å²) < 4.78 is 11.7. The molecule has 0 spiro atoms. The van der Waals surface area contributed by atoms with E-state index in [1.165, 1.54) is 4.90 Å². The Morgan fingerprint density at radius 1 is 1.23 bits per heavy atom. The average molecular weight is 360 g/mol. The van der Waals surface area contributed by atoms with E-state index in [4.69, 9.17) is 9.47 Å². The highest BCUT2D eigenvalue weighted by atomic mass is 16.6. The van der Waals surface area contributed by atoms with Crippen LogP contribution in [0.3, 0.4) is 0 Å². The summed E-state index contributed by atoms with van der Waals surface area (Å²) in [6.07, 6.45) is 5.88. The lowest BCUT2D eigenvalue weighted by Gasteiger charge is -2.43. The van der Waals surface area contributed by atoms with Gasteiger partial charge in [-0.05, 0) is 45.3 Å². The van der Waals surface area contributed by atoms with Crippen LogP contribution in [0.4, 0.5) is 0 Å². The van der Waals surface area contributed by atoms with Crippen molar-refractivity contribution in [1.29, 1.82) is 0 Å². The molecule has 2 heterocycles. The van der Waals surface area contributed by atoms with Gasteiger partial charge in [-0.25, -0.2) is 0 Å². The summed E-state index contributed by atoms with van der Waals surface area (Å²) in [5.41, 5.74) is 1.68. The number of morpholine rings is 1. The van der Waals surface area contributed by atoms with Gasteiger partial charge in [0.25, 0.3) is 0 Å². The number of fused-ring (bicyclic) bond motifs is 3. The number of quaternary nitrogens is 1. The maximum absolute atomic E-state index is 12.8. The highest BCUT2D eigenvalue weighted by molar-refractivity contribution is 6.05. The molecule has 26 heavy (non-hydrogen) atoms. The smallest absolute Gasteiger partial charge is 0.315 e. The van der Waals surface area contributed by atoms with E-state index < -0.39 is 0 Å². The molecule has 1 saturated carbocycles. The van der Waals surface area contributed by atoms with Gasteiger partial charge in [0.15, 0.2) is 5.78 Å². The zero-order valence-electron chi connectivity index (χ0n) is 16.2. The van der Waals surface area contributed by atoms with Crippen LogP contribution in [0.25, 0.3) is 0 Å². The van der Waals surface area contributed by atoms with Gasteiger partial charge in [-0.2, -0.15) is 0 Å². The number of hydrogen-bond acceptors (Lipinski definition) is 4. The lowest BCUT2D eigenvalue weighted by Crippen LogP contribution is -3.16. The Kier molecular flexibility index (Phi) is 4.35. The van der Waals surface area contributed by atoms with Gasteiger partial charge >= 0.3 is 5.97 Å². The maximum atomic E-state index is 12.8. The molecule has 5 heteroatoms. The monoisotopic (exact) mass is 360 g/mol. The molecule has 4 aliphatic rings. The third-order valence-corrected chi connectivity index (χ3v) is 6.85. The second-order valence-corrected chi connectivity index (χ2v) is 8.94. The van der Waals surface area contributed by atoms with Crippen LogP contribution in [0.2, 0.25) is 0 Å². The van der Waals surface area contributed by atoms with E-state index in [1.54, 1.807) is 6.08 Å². The number of carbonyl (C=O) groups excluding carboxylic acids is 2. The molecule has 0 aromatic carbocycles. The van der Waals surface area contributed by atoms with Crippen molar-refractivity contribution >= 4 is 11.8 Å². The lowest BCUT2D eigenvalue weighted by molar-refractivity contribution is -0.917. The van der Waals surface area contributed by atoms with Crippen molar-refractivity contribution in [2.24, 2.45) is 17.3 Å². The lowest BCUT2D eigenvalue weighted by atomic mass is 9.61. The van der Waals surface area contributed by atoms with Gasteiger partial charge in [-0.3, -0.25) is 9.59 Å². The van der Waals surface area contributed by atoms with Crippen molar-refractivity contribution in [3.05, 3.63) is 23.3 Å². The number of hydrogen-bond donors (Lipinski definition) is 1. The van der Waals surface area contributed by atoms with Crippen LogP contribution in [0.15, 0.2) is 23.3 Å². The number of rotatable bonds is 2. The molecule has 0 aromatic rings. The molecule has 6 atom stereocenters. The first-order valence-electron chi connectivity index (χ1n) is 9.93. The Bertz CT molecular complexity index is 686. The van der Waals surface area contributed by atoms with Crippen LogP contribution in [0.5, 0.6) is 0 Å². The highest BCUT2D eigenvalue weighted by Crippen LogP contribution is 2.52. The normalized spacial score (nSPS) is 45.4. The zero-order chi connectivity index (χ0) is 18.6. The van der Waals surface area contributed by atoms with E-state index >= 15 is 0 Å². The molecule has 2 saturated heterocycles. The van der Waals surface area contributed by atoms with E-state index in [-0.39, 0.29) is 47.3 Å². The number of ketones is 1. The van der Waals surface area contributed by atoms with E-state index in [9.17, 15) is 9.59 Å². The van der Waals surface area contributed by atoms with Crippen molar-refractivity contribution in [2.75, 3.05) is 19.6 Å². The van der Waals surface area contributed by atoms with Crippen LogP contribution in [-0.4, -0.2) is 49.7 Å². The van der Waals surface area contributed by atoms with Gasteiger partial charge in [0, 0.05) is 16.9 Å². The molecule has 5 nitrogen and oxygen atoms in total. The first-order valence-corrected chi connectivity index (χ1v) is 9.93. The van der Waals surface area contributed by atoms with Gasteiger partial charge in [0.1, 0.15) is 37.3 Å². The van der Waals surface area contributed by atoms with Crippen LogP contribution >= 0.6 is 0 Å². The SMILES string of the molecule is CC1=C2[C@H]3OC(=O)[C@@H](C[NH+]4C[C@@H](C)O[C@H](C)C4)[C@@H]3CC[C@@]2(C)C=CC1=O. The molecular formula is C21H30NO4+. The van der Waals surface area contributed by atoms with Crippen LogP contribution in [0.1, 0.15) is 40.5 Å². The number of ether oxygens (including phenoxy) is 2. The molecule has 0 amide bonds. The topological polar surface area (TPSA) is 57.0 Å². The van der Waals surface area contributed by atoms with E-state index in [1.807, 2.05) is 13.0 Å². The Morgan fingerprint density at radius 2 is 1.92 bits per heavy atom. The molecule has 0 aromatic heterocycles. The number of nitrogens with one attached hydrogen (secondary N) is 1. The van der Waals surface area contributed by atoms with E-state index in [0.717, 1.165) is 43.6 Å². The Labute approximate surface area is 155 Å². The second kappa shape index (κ2) is 6.31. The predicted octanol–water partition coefficient (Wildman–Crippen LogP) is 1.09. The molecule has 1 N–H and O–H groups in total. The molecule has 142 valence electrons. The van der Waals surface area contributed by atoms with E-state index in [2.05, 4.69) is 20.8 Å². The first kappa shape index (κ1) is 17.9. The average Bonchev–Trinajstić information content (AvgIpc) is 2.86. The van der Waals surface area contributed by atoms with Gasteiger partial charge in [0.2, 0.25) is 0 Å². The summed E-state index contributed by atoms with van der Waals surface area (Å²) in [6.45, 7) is 10.9. The quantitative estimate of drug-likeness (QED) is 0.749. The van der Waals surface area contributed by atoms with Crippen molar-refractivity contribution in [1.82, 2.24) is 0 Å². The number of esters is 1. The minimum Gasteiger partial charge on any atom is -0.457 e. The summed E-state index contributed by atoms with van der Waals surface area (Å²) in [5.74, 6) is 0.101. The molecule has 0 radical (unpaired) electrons. The van der Waals surface area contributed by atoms with Crippen molar-refractivity contribution < 1.29 is 24.0 Å². The minimum atomic E-state index is -0.226. The predicted molar refractivity (Wildman–Crippen MR) is 96.6 cm³/mol. The Morgan fingerprint density at radius 3 is 2.62 bits per heavy atom. The number of carbonyl (C=O) groups is 2. The van der Waals surface area contributed by atoms with Crippen LogP contribution in [0, 0.1) is 17.3 Å². The van der Waals surface area contributed by atoms with Crippen molar-refractivity contribution in [3.8, 4) is 0 Å². The first-order chi connectivity index (χ1) is 12.3. The summed E-state index contributed by atoms with van der Waals surface area (Å²) in [4.78, 5) is 26.4. The Hall–Kier alpha value is -1.46. The fourth-order valence-electron chi connectivity index (χ4n) is 5.67. The summed E-state index contributed by atoms with van der Waals surface area (Å²) in [5, 5.41) is 0. The molecular weight excluding hydrogens is 330 g/mol. The summed E-state index contributed by atoms with van der Waals surface area (Å²) in [7, 11) is 0. The largest absolute Gasteiger partial charge is 0.457 e. The second-order valence-electron chi connectivity index (χ2n) is 8.94. The van der Waals surface area contributed by atoms with Crippen LogP contribution in [-0.2, 0) is 19.1 Å². The standard InChI is InChI=1S/C21H29NO4/c1-12-9-22(10-13(2)25-12)11-16-15-5-7-21(4)8-6-17(23)14(3)18(21)19(15)26-20(16)24/h6,8,12-13,15-16,19H,5,7,9-11H2,1-4H3/p+1/t12-,13-,15+,16+,19+,21+/m1/s1. The third-order valence-electron chi connectivity index (χ3n) is 6.85. The Balaban J connectivity index is 1.57. The molecule has 3 fully saturated rings. The maximum Gasteiger partial charge on any atom is 0.315 e. The summed E-state index contributed by atoms with van der Waals surface area (Å²) >= 11 is 0. The minimum absolute atomic E-state index is 0.0547. The van der Waals surface area contributed by atoms with Gasteiger partial charge < -0.3 is 14.4 Å². The van der Waals surface area contributed by atoms with E-state index in [0.29, 0.717) is 0 Å². The molecule has 4 rings (SSSR count).